The molecule has 1 aliphatic heterocycles. The van der Waals surface area contributed by atoms with Gasteiger partial charge in [-0.2, -0.15) is 0 Å². The summed E-state index contributed by atoms with van der Waals surface area (Å²) in [5, 5.41) is 0. The molecule has 1 unspecified atom stereocenters. The minimum Gasteiger partial charge on any atom is -0.469 e. The van der Waals surface area contributed by atoms with Gasteiger partial charge in [-0.25, -0.2) is 0 Å². The van der Waals surface area contributed by atoms with Gasteiger partial charge in [-0.3, -0.25) is 9.59 Å². The predicted molar refractivity (Wildman–Crippen MR) is 93.0 cm³/mol. The van der Waals surface area contributed by atoms with Crippen LogP contribution in [0.3, 0.4) is 0 Å². The van der Waals surface area contributed by atoms with E-state index in [-0.39, 0.29) is 30.0 Å². The molecule has 1 aromatic carbocycles. The Kier molecular flexibility index (Phi) is 6.55. The van der Waals surface area contributed by atoms with E-state index in [1.165, 1.54) is 12.7 Å². The molecule has 0 amide bonds. The molecule has 132 valence electrons. The average Bonchev–Trinajstić information content (AvgIpc) is 2.56. The van der Waals surface area contributed by atoms with Crippen LogP contribution in [0, 0.1) is 32.6 Å². The van der Waals surface area contributed by atoms with E-state index in [2.05, 4.69) is 19.1 Å². The number of methoxy groups -OCH3 is 1. The van der Waals surface area contributed by atoms with Gasteiger partial charge in [0.25, 0.3) is 0 Å². The second kappa shape index (κ2) is 8.43. The predicted octanol–water partition coefficient (Wildman–Crippen LogP) is 3.33. The number of ether oxygens (including phenoxy) is 2. The molecular formula is C20H28O4. The van der Waals surface area contributed by atoms with Crippen LogP contribution in [0.15, 0.2) is 12.1 Å². The number of ketones is 1. The highest BCUT2D eigenvalue weighted by molar-refractivity contribution is 5.86. The molecule has 1 fully saturated rings. The zero-order valence-corrected chi connectivity index (χ0v) is 15.2. The number of Topliss-reactive ketones (excluding diaryl/α,β-unsaturated/α-hetero) is 1. The summed E-state index contributed by atoms with van der Waals surface area (Å²) < 4.78 is 10.3. The maximum atomic E-state index is 12.6. The number of benzene rings is 1. The summed E-state index contributed by atoms with van der Waals surface area (Å²) in [7, 11) is 1.40. The SMILES string of the molecule is COC(=O)C(CC(=O)Cc1c(C)cc(C)cc1C)C1CCOCC1. The van der Waals surface area contributed by atoms with E-state index in [1.54, 1.807) is 0 Å². The summed E-state index contributed by atoms with van der Waals surface area (Å²) in [5.74, 6) is -0.340. The number of esters is 1. The van der Waals surface area contributed by atoms with Gasteiger partial charge in [0.15, 0.2) is 0 Å². The van der Waals surface area contributed by atoms with Crippen LogP contribution in [0.2, 0.25) is 0 Å². The first-order chi connectivity index (χ1) is 11.4. The van der Waals surface area contributed by atoms with Crippen molar-refractivity contribution in [1.82, 2.24) is 0 Å². The largest absolute Gasteiger partial charge is 0.469 e. The van der Waals surface area contributed by atoms with E-state index < -0.39 is 0 Å². The number of aryl methyl sites for hydroxylation is 3. The lowest BCUT2D eigenvalue weighted by atomic mass is 9.81. The lowest BCUT2D eigenvalue weighted by Gasteiger charge is -2.28. The highest BCUT2D eigenvalue weighted by Crippen LogP contribution is 2.28. The van der Waals surface area contributed by atoms with Crippen molar-refractivity contribution in [2.24, 2.45) is 11.8 Å². The standard InChI is InChI=1S/C20H28O4/c1-13-9-14(2)18(15(3)10-13)11-17(21)12-19(20(22)23-4)16-5-7-24-8-6-16/h9-10,16,19H,5-8,11-12H2,1-4H3. The van der Waals surface area contributed by atoms with E-state index in [0.29, 0.717) is 19.6 Å². The number of hydrogen-bond acceptors (Lipinski definition) is 4. The Morgan fingerprint density at radius 2 is 1.75 bits per heavy atom. The third-order valence-electron chi connectivity index (χ3n) is 5.00. The topological polar surface area (TPSA) is 52.6 Å². The van der Waals surface area contributed by atoms with E-state index in [1.807, 2.05) is 13.8 Å². The van der Waals surface area contributed by atoms with Crippen LogP contribution in [-0.4, -0.2) is 32.1 Å². The van der Waals surface area contributed by atoms with Gasteiger partial charge in [0.1, 0.15) is 5.78 Å². The Bertz CT molecular complexity index is 577. The maximum Gasteiger partial charge on any atom is 0.309 e. The Labute approximate surface area is 144 Å². The molecule has 4 nitrogen and oxygen atoms in total. The van der Waals surface area contributed by atoms with Gasteiger partial charge in [0, 0.05) is 26.1 Å². The molecule has 0 radical (unpaired) electrons. The highest BCUT2D eigenvalue weighted by Gasteiger charge is 2.32. The molecule has 0 aromatic heterocycles. The lowest BCUT2D eigenvalue weighted by Crippen LogP contribution is -2.32. The number of rotatable bonds is 6. The van der Waals surface area contributed by atoms with Crippen LogP contribution in [0.4, 0.5) is 0 Å². The molecule has 1 saturated heterocycles. The van der Waals surface area contributed by atoms with Crippen LogP contribution < -0.4 is 0 Å². The highest BCUT2D eigenvalue weighted by atomic mass is 16.5. The van der Waals surface area contributed by atoms with Gasteiger partial charge in [-0.05, 0) is 56.2 Å². The molecule has 0 bridgehead atoms. The van der Waals surface area contributed by atoms with E-state index >= 15 is 0 Å². The third kappa shape index (κ3) is 4.67. The minimum absolute atomic E-state index is 0.104. The van der Waals surface area contributed by atoms with Crippen LogP contribution in [0.1, 0.15) is 41.5 Å². The van der Waals surface area contributed by atoms with Crippen LogP contribution in [0.25, 0.3) is 0 Å². The maximum absolute atomic E-state index is 12.6. The lowest BCUT2D eigenvalue weighted by molar-refractivity contribution is -0.150. The molecule has 2 rings (SSSR count). The number of carbonyl (C=O) groups is 2. The Morgan fingerprint density at radius 3 is 2.29 bits per heavy atom. The molecule has 4 heteroatoms. The molecule has 1 aliphatic rings. The summed E-state index contributed by atoms with van der Waals surface area (Å²) in [6, 6.07) is 4.21. The smallest absolute Gasteiger partial charge is 0.309 e. The zero-order valence-electron chi connectivity index (χ0n) is 15.2. The second-order valence-corrected chi connectivity index (χ2v) is 6.88. The molecule has 0 saturated carbocycles. The van der Waals surface area contributed by atoms with Crippen molar-refractivity contribution in [3.05, 3.63) is 34.4 Å². The molecule has 1 heterocycles. The van der Waals surface area contributed by atoms with E-state index in [9.17, 15) is 9.59 Å². The van der Waals surface area contributed by atoms with Crippen LogP contribution in [0.5, 0.6) is 0 Å². The summed E-state index contributed by atoms with van der Waals surface area (Å²) in [6.45, 7) is 7.45. The quantitative estimate of drug-likeness (QED) is 0.750. The Morgan fingerprint density at radius 1 is 1.17 bits per heavy atom. The third-order valence-corrected chi connectivity index (χ3v) is 5.00. The van der Waals surface area contributed by atoms with E-state index in [4.69, 9.17) is 9.47 Å². The summed E-state index contributed by atoms with van der Waals surface area (Å²) >= 11 is 0. The van der Waals surface area contributed by atoms with Crippen molar-refractivity contribution in [3.63, 3.8) is 0 Å². The van der Waals surface area contributed by atoms with Gasteiger partial charge in [0.05, 0.1) is 13.0 Å². The first-order valence-electron chi connectivity index (χ1n) is 8.66. The first-order valence-corrected chi connectivity index (χ1v) is 8.66. The first kappa shape index (κ1) is 18.7. The normalized spacial score (nSPS) is 16.7. The molecule has 24 heavy (non-hydrogen) atoms. The van der Waals surface area contributed by atoms with Gasteiger partial charge >= 0.3 is 5.97 Å². The van der Waals surface area contributed by atoms with Crippen molar-refractivity contribution in [1.29, 1.82) is 0 Å². The monoisotopic (exact) mass is 332 g/mol. The van der Waals surface area contributed by atoms with Gasteiger partial charge < -0.3 is 9.47 Å². The molecule has 0 spiro atoms. The fourth-order valence-electron chi connectivity index (χ4n) is 3.72. The molecule has 1 aromatic rings. The number of hydrogen-bond donors (Lipinski definition) is 0. The summed E-state index contributed by atoms with van der Waals surface area (Å²) in [5.41, 5.74) is 4.57. The molecule has 0 aliphatic carbocycles. The van der Waals surface area contributed by atoms with Crippen molar-refractivity contribution >= 4 is 11.8 Å². The minimum atomic E-state index is -0.350. The van der Waals surface area contributed by atoms with Crippen LogP contribution in [-0.2, 0) is 25.5 Å². The van der Waals surface area contributed by atoms with Gasteiger partial charge in [-0.1, -0.05) is 17.7 Å². The van der Waals surface area contributed by atoms with Crippen molar-refractivity contribution in [2.75, 3.05) is 20.3 Å². The second-order valence-electron chi connectivity index (χ2n) is 6.88. The molecular weight excluding hydrogens is 304 g/mol. The van der Waals surface area contributed by atoms with Crippen molar-refractivity contribution in [3.8, 4) is 0 Å². The van der Waals surface area contributed by atoms with E-state index in [0.717, 1.165) is 29.5 Å². The van der Waals surface area contributed by atoms with Gasteiger partial charge in [-0.15, -0.1) is 0 Å². The average molecular weight is 332 g/mol. The fourth-order valence-corrected chi connectivity index (χ4v) is 3.72. The fraction of sp³-hybridized carbons (Fsp3) is 0.600. The Balaban J connectivity index is 2.09. The van der Waals surface area contributed by atoms with Crippen molar-refractivity contribution in [2.45, 2.75) is 46.5 Å². The van der Waals surface area contributed by atoms with Crippen molar-refractivity contribution < 1.29 is 19.1 Å². The van der Waals surface area contributed by atoms with Crippen LogP contribution >= 0.6 is 0 Å². The van der Waals surface area contributed by atoms with Gasteiger partial charge in [0.2, 0.25) is 0 Å². The number of carbonyl (C=O) groups excluding carboxylic acids is 2. The Hall–Kier alpha value is -1.68. The zero-order chi connectivity index (χ0) is 17.7. The summed E-state index contributed by atoms with van der Waals surface area (Å²) in [4.78, 5) is 24.8. The molecule has 0 N–H and O–H groups in total. The summed E-state index contributed by atoms with van der Waals surface area (Å²) in [6.07, 6.45) is 2.27. The molecule has 1 atom stereocenters.